The van der Waals surface area contributed by atoms with Gasteiger partial charge in [0.15, 0.2) is 9.84 Å². The molecule has 136 valence electrons. The molecule has 2 aliphatic rings. The molecule has 8 heteroatoms. The van der Waals surface area contributed by atoms with E-state index in [0.29, 0.717) is 6.42 Å². The fourth-order valence-corrected chi connectivity index (χ4v) is 5.13. The van der Waals surface area contributed by atoms with Gasteiger partial charge in [0.2, 0.25) is 0 Å². The van der Waals surface area contributed by atoms with Gasteiger partial charge >= 0.3 is 0 Å². The van der Waals surface area contributed by atoms with Gasteiger partial charge in [-0.25, -0.2) is 13.4 Å². The van der Waals surface area contributed by atoms with E-state index in [1.54, 1.807) is 30.1 Å². The van der Waals surface area contributed by atoms with E-state index in [1.165, 1.54) is 4.90 Å². The molecule has 0 radical (unpaired) electrons. The number of carbonyl (C=O) groups is 2. The number of nitrogens with zero attached hydrogens (tertiary/aromatic N) is 3. The smallest absolute Gasteiger partial charge is 0.272 e. The van der Waals surface area contributed by atoms with Crippen LogP contribution in [0, 0.1) is 0 Å². The Hall–Kier alpha value is -1.96. The number of rotatable bonds is 3. The number of likely N-dealkylation sites (tertiary alicyclic amines) is 1. The third-order valence-corrected chi connectivity index (χ3v) is 6.66. The molecule has 1 unspecified atom stereocenters. The summed E-state index contributed by atoms with van der Waals surface area (Å²) in [7, 11) is -1.48. The average Bonchev–Trinajstić information content (AvgIpc) is 3.00. The number of piperidine rings is 1. The summed E-state index contributed by atoms with van der Waals surface area (Å²) in [4.78, 5) is 32.6. The standard InChI is InChI=1S/C17H23N3O4S/c1-19(13-8-11-25(23,24)12-13)16(21)14-6-5-7-15(18-14)17(22)20-9-3-2-4-10-20/h5-7,13H,2-4,8-12H2,1H3. The van der Waals surface area contributed by atoms with Crippen molar-refractivity contribution < 1.29 is 18.0 Å². The van der Waals surface area contributed by atoms with E-state index in [9.17, 15) is 18.0 Å². The predicted molar refractivity (Wildman–Crippen MR) is 93.1 cm³/mol. The number of sulfone groups is 1. The Morgan fingerprint density at radius 2 is 1.84 bits per heavy atom. The van der Waals surface area contributed by atoms with Gasteiger partial charge in [0.05, 0.1) is 11.5 Å². The van der Waals surface area contributed by atoms with Crippen LogP contribution >= 0.6 is 0 Å². The third kappa shape index (κ3) is 4.00. The van der Waals surface area contributed by atoms with Crippen molar-refractivity contribution in [2.45, 2.75) is 31.7 Å². The molecule has 25 heavy (non-hydrogen) atoms. The number of hydrogen-bond acceptors (Lipinski definition) is 5. The molecule has 0 aliphatic carbocycles. The van der Waals surface area contributed by atoms with Crippen molar-refractivity contribution >= 4 is 21.7 Å². The van der Waals surface area contributed by atoms with Crippen LogP contribution in [0.1, 0.15) is 46.7 Å². The van der Waals surface area contributed by atoms with Crippen molar-refractivity contribution in [2.75, 3.05) is 31.6 Å². The predicted octanol–water partition coefficient (Wildman–Crippen LogP) is 0.967. The summed E-state index contributed by atoms with van der Waals surface area (Å²) in [5, 5.41) is 0. The normalized spacial score (nSPS) is 22.6. The number of amides is 2. The third-order valence-electron chi connectivity index (χ3n) is 4.91. The maximum absolute atomic E-state index is 12.6. The Bertz CT molecular complexity index is 772. The summed E-state index contributed by atoms with van der Waals surface area (Å²) in [5.41, 5.74) is 0.440. The highest BCUT2D eigenvalue weighted by Crippen LogP contribution is 2.18. The quantitative estimate of drug-likeness (QED) is 0.796. The molecule has 1 atom stereocenters. The minimum atomic E-state index is -3.07. The van der Waals surface area contributed by atoms with Crippen LogP contribution in [0.15, 0.2) is 18.2 Å². The first-order chi connectivity index (χ1) is 11.9. The van der Waals surface area contributed by atoms with Gasteiger partial charge in [-0.3, -0.25) is 9.59 Å². The molecule has 0 aromatic carbocycles. The van der Waals surface area contributed by atoms with Gasteiger partial charge in [0.1, 0.15) is 11.4 Å². The van der Waals surface area contributed by atoms with Gasteiger partial charge in [0, 0.05) is 26.2 Å². The first-order valence-electron chi connectivity index (χ1n) is 8.61. The molecule has 0 saturated carbocycles. The van der Waals surface area contributed by atoms with E-state index in [0.717, 1.165) is 32.4 Å². The lowest BCUT2D eigenvalue weighted by Crippen LogP contribution is -2.39. The summed E-state index contributed by atoms with van der Waals surface area (Å²) in [6, 6.07) is 4.50. The summed E-state index contributed by atoms with van der Waals surface area (Å²) in [5.74, 6) is -0.409. The Balaban J connectivity index is 1.74. The van der Waals surface area contributed by atoms with Crippen molar-refractivity contribution in [3.63, 3.8) is 0 Å². The zero-order chi connectivity index (χ0) is 18.0. The molecule has 2 aliphatic heterocycles. The van der Waals surface area contributed by atoms with Crippen molar-refractivity contribution in [3.05, 3.63) is 29.6 Å². The molecule has 0 N–H and O–H groups in total. The summed E-state index contributed by atoms with van der Waals surface area (Å²) >= 11 is 0. The SMILES string of the molecule is CN(C(=O)c1cccc(C(=O)N2CCCCC2)n1)C1CCS(=O)(=O)C1. The largest absolute Gasteiger partial charge is 0.337 e. The average molecular weight is 365 g/mol. The second kappa shape index (κ2) is 7.11. The molecule has 1 aromatic heterocycles. The van der Waals surface area contributed by atoms with Crippen LogP contribution in [-0.4, -0.2) is 72.7 Å². The molecule has 2 amide bonds. The van der Waals surface area contributed by atoms with Crippen LogP contribution in [0.4, 0.5) is 0 Å². The summed E-state index contributed by atoms with van der Waals surface area (Å²) in [6.45, 7) is 1.44. The van der Waals surface area contributed by atoms with Crippen LogP contribution in [0.25, 0.3) is 0 Å². The Labute approximate surface area is 147 Å². The maximum Gasteiger partial charge on any atom is 0.272 e. The number of hydrogen-bond donors (Lipinski definition) is 0. The Morgan fingerprint density at radius 1 is 1.16 bits per heavy atom. The molecular formula is C17H23N3O4S. The molecule has 3 rings (SSSR count). The van der Waals surface area contributed by atoms with Crippen LogP contribution in [0.3, 0.4) is 0 Å². The number of aromatic nitrogens is 1. The molecule has 0 bridgehead atoms. The molecule has 7 nitrogen and oxygen atoms in total. The lowest BCUT2D eigenvalue weighted by molar-refractivity contribution is 0.0716. The highest BCUT2D eigenvalue weighted by atomic mass is 32.2. The van der Waals surface area contributed by atoms with E-state index in [1.807, 2.05) is 0 Å². The van der Waals surface area contributed by atoms with E-state index in [4.69, 9.17) is 0 Å². The zero-order valence-corrected chi connectivity index (χ0v) is 15.2. The first-order valence-corrected chi connectivity index (χ1v) is 10.4. The molecule has 3 heterocycles. The second-order valence-corrected chi connectivity index (χ2v) is 8.96. The van der Waals surface area contributed by atoms with Crippen molar-refractivity contribution in [1.29, 1.82) is 0 Å². The van der Waals surface area contributed by atoms with Crippen molar-refractivity contribution in [1.82, 2.24) is 14.8 Å². The molecule has 2 fully saturated rings. The lowest BCUT2D eigenvalue weighted by atomic mass is 10.1. The van der Waals surface area contributed by atoms with Gasteiger partial charge in [-0.15, -0.1) is 0 Å². The minimum absolute atomic E-state index is 0.0123. The molecular weight excluding hydrogens is 342 g/mol. The number of carbonyl (C=O) groups excluding carboxylic acids is 2. The van der Waals surface area contributed by atoms with Crippen LogP contribution in [0.2, 0.25) is 0 Å². The summed E-state index contributed by atoms with van der Waals surface area (Å²) in [6.07, 6.45) is 3.55. The molecule has 1 aromatic rings. The van der Waals surface area contributed by atoms with Gasteiger partial charge in [-0.05, 0) is 37.8 Å². The summed E-state index contributed by atoms with van der Waals surface area (Å²) < 4.78 is 23.2. The Kier molecular flexibility index (Phi) is 5.08. The fourth-order valence-electron chi connectivity index (χ4n) is 3.36. The van der Waals surface area contributed by atoms with Crippen LogP contribution in [0.5, 0.6) is 0 Å². The monoisotopic (exact) mass is 365 g/mol. The van der Waals surface area contributed by atoms with Gasteiger partial charge in [0.25, 0.3) is 11.8 Å². The van der Waals surface area contributed by atoms with Crippen LogP contribution in [-0.2, 0) is 9.84 Å². The lowest BCUT2D eigenvalue weighted by Gasteiger charge is -2.26. The van der Waals surface area contributed by atoms with Gasteiger partial charge in [-0.1, -0.05) is 6.07 Å². The van der Waals surface area contributed by atoms with Crippen LogP contribution < -0.4 is 0 Å². The fraction of sp³-hybridized carbons (Fsp3) is 0.588. The van der Waals surface area contributed by atoms with Crippen molar-refractivity contribution in [3.8, 4) is 0 Å². The van der Waals surface area contributed by atoms with Gasteiger partial charge in [-0.2, -0.15) is 0 Å². The first kappa shape index (κ1) is 17.8. The highest BCUT2D eigenvalue weighted by molar-refractivity contribution is 7.91. The Morgan fingerprint density at radius 3 is 2.48 bits per heavy atom. The van der Waals surface area contributed by atoms with E-state index in [-0.39, 0.29) is 40.7 Å². The van der Waals surface area contributed by atoms with Gasteiger partial charge < -0.3 is 9.80 Å². The van der Waals surface area contributed by atoms with E-state index >= 15 is 0 Å². The maximum atomic E-state index is 12.6. The minimum Gasteiger partial charge on any atom is -0.337 e. The van der Waals surface area contributed by atoms with E-state index in [2.05, 4.69) is 4.98 Å². The topological polar surface area (TPSA) is 87.7 Å². The van der Waals surface area contributed by atoms with Crippen molar-refractivity contribution in [2.24, 2.45) is 0 Å². The molecule has 2 saturated heterocycles. The highest BCUT2D eigenvalue weighted by Gasteiger charge is 2.33. The zero-order valence-electron chi connectivity index (χ0n) is 14.3. The van der Waals surface area contributed by atoms with E-state index < -0.39 is 9.84 Å². The number of pyridine rings is 1. The molecule has 0 spiro atoms. The second-order valence-electron chi connectivity index (χ2n) is 6.73.